The van der Waals surface area contributed by atoms with Gasteiger partial charge in [-0.15, -0.1) is 0 Å². The van der Waals surface area contributed by atoms with E-state index in [2.05, 4.69) is 148 Å². The molecule has 0 spiro atoms. The lowest BCUT2D eigenvalue weighted by Gasteiger charge is -2.15. The molecule has 0 aliphatic heterocycles. The van der Waals surface area contributed by atoms with Crippen LogP contribution in [-0.4, -0.2) is 15.9 Å². The van der Waals surface area contributed by atoms with E-state index in [0.29, 0.717) is 6.54 Å². The molecule has 0 saturated carbocycles. The molecule has 8 rings (SSSR count). The molecule has 5 aromatic carbocycles. The highest BCUT2D eigenvalue weighted by atomic mass is 15.0. The Kier molecular flexibility index (Phi) is 5.49. The van der Waals surface area contributed by atoms with Crippen LogP contribution in [0.5, 0.6) is 0 Å². The highest BCUT2D eigenvalue weighted by Crippen LogP contribution is 2.37. The maximum absolute atomic E-state index is 4.12. The van der Waals surface area contributed by atoms with Crippen LogP contribution in [0.15, 0.2) is 126 Å². The summed E-state index contributed by atoms with van der Waals surface area (Å²) in [5.41, 5.74) is 12.4. The van der Waals surface area contributed by atoms with Gasteiger partial charge in [0.25, 0.3) is 0 Å². The summed E-state index contributed by atoms with van der Waals surface area (Å²) < 4.78 is 4.85. The molecule has 0 fully saturated rings. The Morgan fingerprint density at radius 3 is 2.29 bits per heavy atom. The Balaban J connectivity index is 1.32. The highest BCUT2D eigenvalue weighted by Gasteiger charge is 2.19. The van der Waals surface area contributed by atoms with E-state index in [0.717, 1.165) is 12.8 Å². The largest absolute Gasteiger partial charge is 0.313 e. The van der Waals surface area contributed by atoms with Crippen molar-refractivity contribution in [1.29, 1.82) is 0 Å². The fourth-order valence-corrected chi connectivity index (χ4v) is 6.62. The number of allylic oxidation sites excluding steroid dienone is 1. The van der Waals surface area contributed by atoms with E-state index in [1.165, 1.54) is 72.0 Å². The van der Waals surface area contributed by atoms with Crippen LogP contribution in [-0.2, 0) is 13.0 Å². The van der Waals surface area contributed by atoms with Crippen molar-refractivity contribution in [3.63, 3.8) is 0 Å². The van der Waals surface area contributed by atoms with E-state index < -0.39 is 0 Å². The number of hydrogen-bond acceptors (Lipinski definition) is 1. The summed E-state index contributed by atoms with van der Waals surface area (Å²) in [6.45, 7) is 4.33. The Labute approximate surface area is 239 Å². The van der Waals surface area contributed by atoms with Crippen molar-refractivity contribution in [3.05, 3.63) is 138 Å². The van der Waals surface area contributed by atoms with Gasteiger partial charge in [0.2, 0.25) is 0 Å². The third-order valence-corrected chi connectivity index (χ3v) is 8.43. The lowest BCUT2D eigenvalue weighted by Crippen LogP contribution is -2.03. The number of hydrogen-bond donors (Lipinski definition) is 0. The average Bonchev–Trinajstić information content (AvgIpc) is 3.54. The van der Waals surface area contributed by atoms with Crippen molar-refractivity contribution in [2.75, 3.05) is 0 Å². The molecule has 7 aromatic rings. The molecule has 2 aromatic heterocycles. The minimum atomic E-state index is 0.636. The topological polar surface area (TPSA) is 22.2 Å². The molecular weight excluding hydrogens is 498 g/mol. The minimum Gasteiger partial charge on any atom is -0.313 e. The van der Waals surface area contributed by atoms with Crippen molar-refractivity contribution in [3.8, 4) is 22.5 Å². The third kappa shape index (κ3) is 3.77. The summed E-state index contributed by atoms with van der Waals surface area (Å²) in [6, 6.07) is 42.0. The molecule has 0 bridgehead atoms. The molecule has 0 amide bonds. The molecule has 0 radical (unpaired) electrons. The van der Waals surface area contributed by atoms with Gasteiger partial charge in [0.05, 0.1) is 23.1 Å². The van der Waals surface area contributed by atoms with Crippen molar-refractivity contribution >= 4 is 45.5 Å². The number of fused-ring (bicyclic) bond motifs is 6. The lowest BCUT2D eigenvalue weighted by molar-refractivity contribution is 0.889. The van der Waals surface area contributed by atoms with Crippen molar-refractivity contribution in [1.82, 2.24) is 9.13 Å². The molecule has 1 aliphatic carbocycles. The van der Waals surface area contributed by atoms with Crippen LogP contribution >= 0.6 is 0 Å². The van der Waals surface area contributed by atoms with Gasteiger partial charge in [-0.3, -0.25) is 4.99 Å². The molecule has 0 atom stereocenters. The first-order valence-corrected chi connectivity index (χ1v) is 14.2. The molecule has 0 N–H and O–H groups in total. The van der Waals surface area contributed by atoms with Gasteiger partial charge < -0.3 is 9.13 Å². The molecular formula is C38H29N3. The summed E-state index contributed by atoms with van der Waals surface area (Å²) in [6.07, 6.45) is 6.68. The van der Waals surface area contributed by atoms with Crippen LogP contribution in [0.4, 0.5) is 0 Å². The summed E-state index contributed by atoms with van der Waals surface area (Å²) in [5, 5.41) is 3.83. The van der Waals surface area contributed by atoms with Crippen molar-refractivity contribution in [2.45, 2.75) is 19.4 Å². The molecule has 196 valence electrons. The summed E-state index contributed by atoms with van der Waals surface area (Å²) in [4.78, 5) is 4.12. The van der Waals surface area contributed by atoms with E-state index >= 15 is 0 Å². The molecule has 0 unspecified atom stereocenters. The van der Waals surface area contributed by atoms with Gasteiger partial charge in [-0.05, 0) is 84.8 Å². The Bertz CT molecular complexity index is 2140. The second kappa shape index (κ2) is 9.50. The van der Waals surface area contributed by atoms with Crippen LogP contribution < -0.4 is 0 Å². The van der Waals surface area contributed by atoms with Gasteiger partial charge in [0.1, 0.15) is 0 Å². The van der Waals surface area contributed by atoms with Crippen LogP contribution in [0.25, 0.3) is 61.3 Å². The standard InChI is InChI=1S/C38H29N3/c1-39-25-26-18-21-37-34(22-26)32-15-6-8-17-36(32)41(37)30-13-9-10-27(23-30)28-19-20-33-31-14-5-7-16-35(31)40(38(33)24-28)29-11-3-2-4-12-29/h2-7,9-16,18-24H,1,8,17,25H2. The number of para-hydroxylation sites is 2. The monoisotopic (exact) mass is 527 g/mol. The molecule has 41 heavy (non-hydrogen) atoms. The van der Waals surface area contributed by atoms with Crippen LogP contribution in [0, 0.1) is 0 Å². The van der Waals surface area contributed by atoms with E-state index in [1.54, 1.807) is 0 Å². The molecule has 3 heteroatoms. The normalized spacial score (nSPS) is 12.8. The summed E-state index contributed by atoms with van der Waals surface area (Å²) in [5.74, 6) is 0. The predicted molar refractivity (Wildman–Crippen MR) is 174 cm³/mol. The third-order valence-electron chi connectivity index (χ3n) is 8.43. The van der Waals surface area contributed by atoms with Gasteiger partial charge in [0.15, 0.2) is 0 Å². The number of nitrogens with zero attached hydrogens (tertiary/aromatic N) is 3. The quantitative estimate of drug-likeness (QED) is 0.199. The second-order valence-corrected chi connectivity index (χ2v) is 10.8. The van der Waals surface area contributed by atoms with Crippen molar-refractivity contribution in [2.24, 2.45) is 4.99 Å². The Hall–Kier alpha value is -5.15. The maximum Gasteiger partial charge on any atom is 0.0632 e. The van der Waals surface area contributed by atoms with E-state index in [1.807, 2.05) is 0 Å². The smallest absolute Gasteiger partial charge is 0.0632 e. The fourth-order valence-electron chi connectivity index (χ4n) is 6.62. The predicted octanol–water partition coefficient (Wildman–Crippen LogP) is 9.55. The van der Waals surface area contributed by atoms with Crippen molar-refractivity contribution < 1.29 is 0 Å². The minimum absolute atomic E-state index is 0.636. The van der Waals surface area contributed by atoms with Gasteiger partial charge in [-0.25, -0.2) is 0 Å². The van der Waals surface area contributed by atoms with Gasteiger partial charge in [-0.1, -0.05) is 78.9 Å². The molecule has 1 aliphatic rings. The Morgan fingerprint density at radius 1 is 0.610 bits per heavy atom. The first kappa shape index (κ1) is 23.7. The number of rotatable bonds is 5. The fraction of sp³-hybridized carbons (Fsp3) is 0.0789. The van der Waals surface area contributed by atoms with Crippen LogP contribution in [0.2, 0.25) is 0 Å². The van der Waals surface area contributed by atoms with E-state index in [9.17, 15) is 0 Å². The van der Waals surface area contributed by atoms with Gasteiger partial charge in [0, 0.05) is 38.8 Å². The zero-order chi connectivity index (χ0) is 27.3. The van der Waals surface area contributed by atoms with Gasteiger partial charge in [-0.2, -0.15) is 0 Å². The van der Waals surface area contributed by atoms with Crippen LogP contribution in [0.3, 0.4) is 0 Å². The zero-order valence-electron chi connectivity index (χ0n) is 22.8. The molecule has 2 heterocycles. The number of aliphatic imine (C=N–C) groups is 1. The average molecular weight is 528 g/mol. The SMILES string of the molecule is C=NCc1ccc2c(c1)c1c(n2-c2cccc(-c3ccc4c5ccccc5n(-c5ccccc5)c4c3)c2)CCC=C1. The highest BCUT2D eigenvalue weighted by molar-refractivity contribution is 6.10. The second-order valence-electron chi connectivity index (χ2n) is 10.8. The zero-order valence-corrected chi connectivity index (χ0v) is 22.8. The lowest BCUT2D eigenvalue weighted by atomic mass is 10.0. The summed E-state index contributed by atoms with van der Waals surface area (Å²) >= 11 is 0. The first-order chi connectivity index (χ1) is 20.3. The Morgan fingerprint density at radius 2 is 1.39 bits per heavy atom. The first-order valence-electron chi connectivity index (χ1n) is 14.2. The molecule has 0 saturated heterocycles. The summed E-state index contributed by atoms with van der Waals surface area (Å²) in [7, 11) is 0. The number of benzene rings is 5. The van der Waals surface area contributed by atoms with Crippen LogP contribution in [0.1, 0.15) is 23.2 Å². The molecule has 3 nitrogen and oxygen atoms in total. The maximum atomic E-state index is 4.12. The van der Waals surface area contributed by atoms with E-state index in [4.69, 9.17) is 0 Å². The van der Waals surface area contributed by atoms with E-state index in [-0.39, 0.29) is 0 Å². The number of aromatic nitrogens is 2. The van der Waals surface area contributed by atoms with Gasteiger partial charge >= 0.3 is 0 Å².